The standard InChI is InChI=1S/C12H12F3NO2/c1-8(17)6-7-16-11(18)9-2-4-10(5-3-9)12(13,14)15/h2-5H,6-7H2,1H3,(H,16,18). The fraction of sp³-hybridized carbons (Fsp3) is 0.333. The molecule has 0 spiro atoms. The molecule has 0 atom stereocenters. The van der Waals surface area contributed by atoms with Crippen molar-refractivity contribution in [3.8, 4) is 0 Å². The quantitative estimate of drug-likeness (QED) is 0.902. The Labute approximate surface area is 102 Å². The maximum Gasteiger partial charge on any atom is 0.416 e. The van der Waals surface area contributed by atoms with Crippen LogP contribution in [0.15, 0.2) is 24.3 Å². The van der Waals surface area contributed by atoms with Crippen LogP contribution in [0.3, 0.4) is 0 Å². The SMILES string of the molecule is CC(=O)CCNC(=O)c1ccc(C(F)(F)F)cc1. The smallest absolute Gasteiger partial charge is 0.352 e. The molecule has 0 saturated carbocycles. The molecular weight excluding hydrogens is 247 g/mol. The van der Waals surface area contributed by atoms with Gasteiger partial charge in [-0.2, -0.15) is 13.2 Å². The van der Waals surface area contributed by atoms with E-state index < -0.39 is 17.6 Å². The summed E-state index contributed by atoms with van der Waals surface area (Å²) in [5, 5.41) is 2.45. The monoisotopic (exact) mass is 259 g/mol. The van der Waals surface area contributed by atoms with Gasteiger partial charge in [0.2, 0.25) is 0 Å². The zero-order valence-corrected chi connectivity index (χ0v) is 9.67. The van der Waals surface area contributed by atoms with Crippen molar-refractivity contribution in [2.75, 3.05) is 6.54 Å². The third kappa shape index (κ3) is 4.20. The summed E-state index contributed by atoms with van der Waals surface area (Å²) >= 11 is 0. The summed E-state index contributed by atoms with van der Waals surface area (Å²) in [4.78, 5) is 22.1. The van der Waals surface area contributed by atoms with Crippen LogP contribution in [-0.2, 0) is 11.0 Å². The van der Waals surface area contributed by atoms with Crippen LogP contribution in [0.2, 0.25) is 0 Å². The first kappa shape index (κ1) is 14.2. The van der Waals surface area contributed by atoms with Crippen molar-refractivity contribution in [1.29, 1.82) is 0 Å². The molecule has 0 aromatic heterocycles. The lowest BCUT2D eigenvalue weighted by Crippen LogP contribution is -2.25. The molecule has 6 heteroatoms. The minimum absolute atomic E-state index is 0.0669. The molecule has 0 saturated heterocycles. The van der Waals surface area contributed by atoms with Gasteiger partial charge >= 0.3 is 6.18 Å². The first-order valence-corrected chi connectivity index (χ1v) is 5.25. The number of hydrogen-bond acceptors (Lipinski definition) is 2. The average Bonchev–Trinajstić information content (AvgIpc) is 2.27. The van der Waals surface area contributed by atoms with E-state index in [9.17, 15) is 22.8 Å². The summed E-state index contributed by atoms with van der Waals surface area (Å²) in [5.74, 6) is -0.562. The number of rotatable bonds is 4. The normalized spacial score (nSPS) is 11.1. The van der Waals surface area contributed by atoms with Gasteiger partial charge in [0.1, 0.15) is 5.78 Å². The number of ketones is 1. The molecule has 18 heavy (non-hydrogen) atoms. The molecule has 0 radical (unpaired) electrons. The van der Waals surface area contributed by atoms with Crippen LogP contribution in [0, 0.1) is 0 Å². The lowest BCUT2D eigenvalue weighted by Gasteiger charge is -2.07. The lowest BCUT2D eigenvalue weighted by molar-refractivity contribution is -0.137. The molecule has 1 amide bonds. The molecule has 1 aromatic rings. The Hall–Kier alpha value is -1.85. The highest BCUT2D eigenvalue weighted by molar-refractivity contribution is 5.94. The number of amides is 1. The highest BCUT2D eigenvalue weighted by Crippen LogP contribution is 2.28. The van der Waals surface area contributed by atoms with E-state index in [1.165, 1.54) is 6.92 Å². The largest absolute Gasteiger partial charge is 0.416 e. The lowest BCUT2D eigenvalue weighted by atomic mass is 10.1. The molecule has 0 bridgehead atoms. The molecule has 1 N–H and O–H groups in total. The fourth-order valence-electron chi connectivity index (χ4n) is 1.26. The summed E-state index contributed by atoms with van der Waals surface area (Å²) in [6, 6.07) is 3.90. The van der Waals surface area contributed by atoms with Gasteiger partial charge in [-0.05, 0) is 31.2 Å². The molecule has 0 unspecified atom stereocenters. The Balaban J connectivity index is 2.62. The average molecular weight is 259 g/mol. The number of alkyl halides is 3. The molecule has 0 heterocycles. The Morgan fingerprint density at radius 2 is 1.72 bits per heavy atom. The molecule has 98 valence electrons. The van der Waals surface area contributed by atoms with Crippen molar-refractivity contribution >= 4 is 11.7 Å². The first-order chi connectivity index (χ1) is 8.30. The van der Waals surface area contributed by atoms with Crippen molar-refractivity contribution in [2.45, 2.75) is 19.5 Å². The van der Waals surface area contributed by atoms with E-state index in [-0.39, 0.29) is 24.3 Å². The van der Waals surface area contributed by atoms with E-state index in [0.29, 0.717) is 0 Å². The van der Waals surface area contributed by atoms with Crippen LogP contribution in [0.1, 0.15) is 29.3 Å². The summed E-state index contributed by atoms with van der Waals surface area (Å²) in [6.45, 7) is 1.57. The Bertz CT molecular complexity index is 438. The van der Waals surface area contributed by atoms with E-state index >= 15 is 0 Å². The molecule has 0 aliphatic heterocycles. The third-order valence-corrected chi connectivity index (χ3v) is 2.24. The van der Waals surface area contributed by atoms with Gasteiger partial charge in [0, 0.05) is 18.5 Å². The second kappa shape index (κ2) is 5.66. The Morgan fingerprint density at radius 3 is 2.17 bits per heavy atom. The van der Waals surface area contributed by atoms with E-state index in [0.717, 1.165) is 24.3 Å². The van der Waals surface area contributed by atoms with Gasteiger partial charge in [0.05, 0.1) is 5.56 Å². The van der Waals surface area contributed by atoms with Crippen molar-refractivity contribution < 1.29 is 22.8 Å². The summed E-state index contributed by atoms with van der Waals surface area (Å²) in [7, 11) is 0. The van der Waals surface area contributed by atoms with Crippen LogP contribution < -0.4 is 5.32 Å². The van der Waals surface area contributed by atoms with E-state index in [2.05, 4.69) is 5.32 Å². The maximum absolute atomic E-state index is 12.3. The number of carbonyl (C=O) groups excluding carboxylic acids is 2. The third-order valence-electron chi connectivity index (χ3n) is 2.24. The molecular formula is C12H12F3NO2. The van der Waals surface area contributed by atoms with Gasteiger partial charge in [-0.15, -0.1) is 0 Å². The minimum Gasteiger partial charge on any atom is -0.352 e. The first-order valence-electron chi connectivity index (χ1n) is 5.25. The highest BCUT2D eigenvalue weighted by atomic mass is 19.4. The van der Waals surface area contributed by atoms with E-state index in [1.807, 2.05) is 0 Å². The van der Waals surface area contributed by atoms with E-state index in [4.69, 9.17) is 0 Å². The maximum atomic E-state index is 12.3. The van der Waals surface area contributed by atoms with Crippen LogP contribution in [0.5, 0.6) is 0 Å². The number of carbonyl (C=O) groups is 2. The van der Waals surface area contributed by atoms with Crippen LogP contribution in [-0.4, -0.2) is 18.2 Å². The van der Waals surface area contributed by atoms with Crippen molar-refractivity contribution in [1.82, 2.24) is 5.32 Å². The zero-order chi connectivity index (χ0) is 13.8. The van der Waals surface area contributed by atoms with Gasteiger partial charge in [-0.25, -0.2) is 0 Å². The van der Waals surface area contributed by atoms with Crippen molar-refractivity contribution in [3.63, 3.8) is 0 Å². The highest BCUT2D eigenvalue weighted by Gasteiger charge is 2.30. The number of nitrogens with one attached hydrogen (secondary N) is 1. The number of Topliss-reactive ketones (excluding diaryl/α,β-unsaturated/α-hetero) is 1. The molecule has 0 aliphatic carbocycles. The second-order valence-corrected chi connectivity index (χ2v) is 3.78. The van der Waals surface area contributed by atoms with Gasteiger partial charge in [0.15, 0.2) is 0 Å². The number of hydrogen-bond donors (Lipinski definition) is 1. The molecule has 1 aromatic carbocycles. The van der Waals surface area contributed by atoms with Crippen molar-refractivity contribution in [2.24, 2.45) is 0 Å². The molecule has 0 aliphatic rings. The summed E-state index contributed by atoms with van der Waals surface area (Å²) in [5.41, 5.74) is -0.672. The zero-order valence-electron chi connectivity index (χ0n) is 9.67. The molecule has 3 nitrogen and oxygen atoms in total. The van der Waals surface area contributed by atoms with Gasteiger partial charge < -0.3 is 5.32 Å². The van der Waals surface area contributed by atoms with Crippen molar-refractivity contribution in [3.05, 3.63) is 35.4 Å². The molecule has 1 rings (SSSR count). The summed E-state index contributed by atoms with van der Waals surface area (Å²) < 4.78 is 36.8. The fourth-order valence-corrected chi connectivity index (χ4v) is 1.26. The van der Waals surface area contributed by atoms with Gasteiger partial charge in [0.25, 0.3) is 5.91 Å². The Kier molecular flexibility index (Phi) is 4.47. The predicted octanol–water partition coefficient (Wildman–Crippen LogP) is 2.41. The van der Waals surface area contributed by atoms with Crippen LogP contribution in [0.25, 0.3) is 0 Å². The number of benzene rings is 1. The Morgan fingerprint density at radius 1 is 1.17 bits per heavy atom. The van der Waals surface area contributed by atoms with Crippen LogP contribution >= 0.6 is 0 Å². The summed E-state index contributed by atoms with van der Waals surface area (Å²) in [6.07, 6.45) is -4.21. The van der Waals surface area contributed by atoms with Gasteiger partial charge in [-0.3, -0.25) is 9.59 Å². The number of halogens is 3. The van der Waals surface area contributed by atoms with Crippen LogP contribution in [0.4, 0.5) is 13.2 Å². The van der Waals surface area contributed by atoms with E-state index in [1.54, 1.807) is 0 Å². The molecule has 0 fully saturated rings. The van der Waals surface area contributed by atoms with Gasteiger partial charge in [-0.1, -0.05) is 0 Å². The topological polar surface area (TPSA) is 46.2 Å². The minimum atomic E-state index is -4.41. The predicted molar refractivity (Wildman–Crippen MR) is 59.1 cm³/mol. The second-order valence-electron chi connectivity index (χ2n) is 3.78.